The van der Waals surface area contributed by atoms with Gasteiger partial charge in [0.05, 0.1) is 14.2 Å². The van der Waals surface area contributed by atoms with E-state index in [0.29, 0.717) is 28.5 Å². The van der Waals surface area contributed by atoms with Crippen LogP contribution in [0.1, 0.15) is 23.0 Å². The first-order valence-corrected chi connectivity index (χ1v) is 10.4. The number of carbonyl (C=O) groups excluding carboxylic acids is 1. The van der Waals surface area contributed by atoms with Gasteiger partial charge in [0.25, 0.3) is 11.7 Å². The molecule has 9 heteroatoms. The standard InChI is InChI=1S/C22H21N5O3S/c1-4-14-12-19(27-22(26-14)23-13-24-27)31-16-10-8-15(9-11-16)25-21(28)20-17(29-2)6-5-7-18(20)30-3/h5-13H,4H2,1-3H3,(H,25,28). The van der Waals surface area contributed by atoms with Gasteiger partial charge >= 0.3 is 0 Å². The average Bonchev–Trinajstić information content (AvgIpc) is 3.28. The van der Waals surface area contributed by atoms with Crippen molar-refractivity contribution in [1.29, 1.82) is 0 Å². The van der Waals surface area contributed by atoms with Crippen LogP contribution in [0.4, 0.5) is 5.69 Å². The van der Waals surface area contributed by atoms with Crippen molar-refractivity contribution in [2.24, 2.45) is 0 Å². The van der Waals surface area contributed by atoms with Crippen LogP contribution in [0, 0.1) is 0 Å². The smallest absolute Gasteiger partial charge is 0.263 e. The van der Waals surface area contributed by atoms with E-state index in [-0.39, 0.29) is 5.91 Å². The van der Waals surface area contributed by atoms with Gasteiger partial charge in [0, 0.05) is 16.3 Å². The highest BCUT2D eigenvalue weighted by Gasteiger charge is 2.18. The molecule has 2 aromatic heterocycles. The van der Waals surface area contributed by atoms with Crippen LogP contribution in [0.5, 0.6) is 11.5 Å². The maximum atomic E-state index is 12.8. The van der Waals surface area contributed by atoms with Crippen molar-refractivity contribution in [3.8, 4) is 11.5 Å². The Morgan fingerprint density at radius 1 is 1.10 bits per heavy atom. The number of aryl methyl sites for hydroxylation is 1. The molecule has 0 bridgehead atoms. The summed E-state index contributed by atoms with van der Waals surface area (Å²) in [7, 11) is 3.04. The van der Waals surface area contributed by atoms with E-state index in [2.05, 4.69) is 27.3 Å². The lowest BCUT2D eigenvalue weighted by Crippen LogP contribution is -2.14. The second-order valence-corrected chi connectivity index (χ2v) is 7.62. The lowest BCUT2D eigenvalue weighted by Gasteiger charge is -2.13. The van der Waals surface area contributed by atoms with Crippen LogP contribution < -0.4 is 14.8 Å². The second-order valence-electron chi connectivity index (χ2n) is 6.53. The number of fused-ring (bicyclic) bond motifs is 1. The number of methoxy groups -OCH3 is 2. The van der Waals surface area contributed by atoms with Gasteiger partial charge in [0.1, 0.15) is 28.4 Å². The van der Waals surface area contributed by atoms with Gasteiger partial charge in [-0.3, -0.25) is 4.79 Å². The Labute approximate surface area is 183 Å². The van der Waals surface area contributed by atoms with Crippen molar-refractivity contribution in [1.82, 2.24) is 19.6 Å². The first-order valence-electron chi connectivity index (χ1n) is 9.62. The number of hydrogen-bond acceptors (Lipinski definition) is 7. The maximum absolute atomic E-state index is 12.8. The van der Waals surface area contributed by atoms with Crippen LogP contribution in [0.2, 0.25) is 0 Å². The minimum absolute atomic E-state index is 0.305. The van der Waals surface area contributed by atoms with Crippen LogP contribution in [0.15, 0.2) is 64.8 Å². The fourth-order valence-electron chi connectivity index (χ4n) is 3.08. The van der Waals surface area contributed by atoms with Crippen molar-refractivity contribution in [3.05, 3.63) is 66.1 Å². The Balaban J connectivity index is 1.54. The summed E-state index contributed by atoms with van der Waals surface area (Å²) >= 11 is 1.56. The molecule has 4 rings (SSSR count). The minimum atomic E-state index is -0.305. The summed E-state index contributed by atoms with van der Waals surface area (Å²) in [5, 5.41) is 8.08. The molecule has 0 saturated heterocycles. The first-order chi connectivity index (χ1) is 15.1. The topological polar surface area (TPSA) is 90.6 Å². The molecule has 0 aliphatic heterocycles. The molecule has 1 amide bonds. The van der Waals surface area contributed by atoms with Crippen molar-refractivity contribution < 1.29 is 14.3 Å². The number of aromatic nitrogens is 4. The number of anilines is 1. The number of carbonyl (C=O) groups is 1. The molecule has 0 spiro atoms. The molecule has 8 nitrogen and oxygen atoms in total. The molecule has 0 saturated carbocycles. The number of nitrogens with one attached hydrogen (secondary N) is 1. The Kier molecular flexibility index (Phi) is 6.03. The zero-order chi connectivity index (χ0) is 21.8. The molecule has 2 aromatic carbocycles. The van der Waals surface area contributed by atoms with Crippen LogP contribution in [0.3, 0.4) is 0 Å². The highest BCUT2D eigenvalue weighted by Crippen LogP contribution is 2.31. The van der Waals surface area contributed by atoms with E-state index in [0.717, 1.165) is 22.0 Å². The molecule has 0 unspecified atom stereocenters. The molecule has 158 valence electrons. The van der Waals surface area contributed by atoms with E-state index < -0.39 is 0 Å². The highest BCUT2D eigenvalue weighted by molar-refractivity contribution is 7.99. The molecule has 0 fully saturated rings. The summed E-state index contributed by atoms with van der Waals surface area (Å²) in [5.41, 5.74) is 1.97. The van der Waals surface area contributed by atoms with Gasteiger partial charge in [0.2, 0.25) is 0 Å². The average molecular weight is 436 g/mol. The third kappa shape index (κ3) is 4.31. The number of nitrogens with zero attached hydrogens (tertiary/aromatic N) is 4. The second kappa shape index (κ2) is 9.05. The maximum Gasteiger partial charge on any atom is 0.263 e. The van der Waals surface area contributed by atoms with Crippen molar-refractivity contribution in [2.75, 3.05) is 19.5 Å². The SMILES string of the molecule is CCc1cc(Sc2ccc(NC(=O)c3c(OC)cccc3OC)cc2)n2ncnc2n1. The summed E-state index contributed by atoms with van der Waals surface area (Å²) < 4.78 is 12.3. The van der Waals surface area contributed by atoms with Crippen LogP contribution in [-0.4, -0.2) is 39.7 Å². The summed E-state index contributed by atoms with van der Waals surface area (Å²) in [5.74, 6) is 1.17. The molecular weight excluding hydrogens is 414 g/mol. The number of ether oxygens (including phenoxy) is 2. The molecule has 2 heterocycles. The predicted octanol–water partition coefficient (Wildman–Crippen LogP) is 4.11. The van der Waals surface area contributed by atoms with Gasteiger partial charge in [-0.05, 0) is 48.9 Å². The van der Waals surface area contributed by atoms with Crippen molar-refractivity contribution in [2.45, 2.75) is 23.3 Å². The van der Waals surface area contributed by atoms with E-state index in [9.17, 15) is 4.79 Å². The lowest BCUT2D eigenvalue weighted by atomic mass is 10.1. The number of hydrogen-bond donors (Lipinski definition) is 1. The number of amides is 1. The quantitative estimate of drug-likeness (QED) is 0.437. The van der Waals surface area contributed by atoms with Crippen LogP contribution >= 0.6 is 11.8 Å². The largest absolute Gasteiger partial charge is 0.496 e. The fraction of sp³-hybridized carbons (Fsp3) is 0.182. The van der Waals surface area contributed by atoms with E-state index in [1.54, 1.807) is 34.5 Å². The Morgan fingerprint density at radius 2 is 1.81 bits per heavy atom. The molecular formula is C22H21N5O3S. The van der Waals surface area contributed by atoms with E-state index >= 15 is 0 Å². The first kappa shape index (κ1) is 20.7. The van der Waals surface area contributed by atoms with Gasteiger partial charge in [-0.2, -0.15) is 14.6 Å². The zero-order valence-electron chi connectivity index (χ0n) is 17.3. The third-order valence-corrected chi connectivity index (χ3v) is 5.63. The normalized spacial score (nSPS) is 10.8. The van der Waals surface area contributed by atoms with Gasteiger partial charge in [-0.1, -0.05) is 24.8 Å². The molecule has 0 aliphatic rings. The Hall–Kier alpha value is -3.59. The van der Waals surface area contributed by atoms with Crippen LogP contribution in [0.25, 0.3) is 5.78 Å². The summed E-state index contributed by atoms with van der Waals surface area (Å²) in [6.07, 6.45) is 2.31. The molecule has 0 atom stereocenters. The fourth-order valence-corrected chi connectivity index (χ4v) is 4.00. The Bertz CT molecular complexity index is 1200. The van der Waals surface area contributed by atoms with Crippen molar-refractivity contribution in [3.63, 3.8) is 0 Å². The predicted molar refractivity (Wildman–Crippen MR) is 118 cm³/mol. The van der Waals surface area contributed by atoms with Gasteiger partial charge < -0.3 is 14.8 Å². The molecule has 0 aliphatic carbocycles. The Morgan fingerprint density at radius 3 is 2.45 bits per heavy atom. The third-order valence-electron chi connectivity index (χ3n) is 4.62. The number of rotatable bonds is 7. The van der Waals surface area contributed by atoms with Crippen LogP contribution in [-0.2, 0) is 6.42 Å². The van der Waals surface area contributed by atoms with Gasteiger partial charge in [-0.25, -0.2) is 4.98 Å². The van der Waals surface area contributed by atoms with Gasteiger partial charge in [-0.15, -0.1) is 0 Å². The summed E-state index contributed by atoms with van der Waals surface area (Å²) in [6, 6.07) is 14.8. The lowest BCUT2D eigenvalue weighted by molar-refractivity contribution is 0.102. The molecule has 4 aromatic rings. The summed E-state index contributed by atoms with van der Waals surface area (Å²) in [4.78, 5) is 22.5. The summed E-state index contributed by atoms with van der Waals surface area (Å²) in [6.45, 7) is 2.05. The van der Waals surface area contributed by atoms with Crippen molar-refractivity contribution >= 4 is 29.1 Å². The van der Waals surface area contributed by atoms with E-state index in [4.69, 9.17) is 9.47 Å². The molecule has 1 N–H and O–H groups in total. The van der Waals surface area contributed by atoms with Gasteiger partial charge in [0.15, 0.2) is 0 Å². The van der Waals surface area contributed by atoms with E-state index in [1.165, 1.54) is 20.5 Å². The van der Waals surface area contributed by atoms with E-state index in [1.807, 2.05) is 30.3 Å². The monoisotopic (exact) mass is 435 g/mol. The zero-order valence-corrected chi connectivity index (χ0v) is 18.1. The highest BCUT2D eigenvalue weighted by atomic mass is 32.2. The number of benzene rings is 2. The molecule has 0 radical (unpaired) electrons. The molecule has 31 heavy (non-hydrogen) atoms. The minimum Gasteiger partial charge on any atom is -0.496 e.